The van der Waals surface area contributed by atoms with Gasteiger partial charge >= 0.3 is 0 Å². The summed E-state index contributed by atoms with van der Waals surface area (Å²) in [6.45, 7) is 5.32. The molecule has 4 rings (SSSR count). The molecule has 2 aromatic carbocycles. The van der Waals surface area contributed by atoms with Gasteiger partial charge in [-0.2, -0.15) is 0 Å². The first kappa shape index (κ1) is 21.2. The fourth-order valence-corrected chi connectivity index (χ4v) is 4.50. The lowest BCUT2D eigenvalue weighted by Gasteiger charge is -2.34. The van der Waals surface area contributed by atoms with Gasteiger partial charge < -0.3 is 14.8 Å². The molecule has 0 fully saturated rings. The molecule has 31 heavy (non-hydrogen) atoms. The standard InChI is InChI=1S/C26H29NO4/c1-3-13-31-21-11-7-18(8-12-21)22-16-25(29)27-23-14-19(15-24(28)26(22)23)17-5-9-20(10-6-17)30-4-2/h5-12,19,22H,3-4,13-16H2,1-2H3,(H,27,29). The Morgan fingerprint density at radius 2 is 1.48 bits per heavy atom. The Hall–Kier alpha value is -3.08. The van der Waals surface area contributed by atoms with Gasteiger partial charge in [-0.1, -0.05) is 31.2 Å². The molecule has 2 unspecified atom stereocenters. The van der Waals surface area contributed by atoms with Gasteiger partial charge in [0, 0.05) is 30.0 Å². The molecule has 0 bridgehead atoms. The predicted octanol–water partition coefficient (Wildman–Crippen LogP) is 4.88. The largest absolute Gasteiger partial charge is 0.494 e. The van der Waals surface area contributed by atoms with Crippen LogP contribution in [0.4, 0.5) is 0 Å². The number of ether oxygens (including phenoxy) is 2. The van der Waals surface area contributed by atoms with Crippen LogP contribution in [0.25, 0.3) is 0 Å². The van der Waals surface area contributed by atoms with Crippen molar-refractivity contribution in [1.29, 1.82) is 0 Å². The summed E-state index contributed by atoms with van der Waals surface area (Å²) in [5.74, 6) is 1.59. The molecule has 1 N–H and O–H groups in total. The number of amides is 1. The maximum atomic E-state index is 13.2. The molecule has 1 heterocycles. The average molecular weight is 420 g/mol. The molecule has 5 nitrogen and oxygen atoms in total. The highest BCUT2D eigenvalue weighted by Gasteiger charge is 2.38. The summed E-state index contributed by atoms with van der Waals surface area (Å²) >= 11 is 0. The van der Waals surface area contributed by atoms with Crippen LogP contribution in [0.15, 0.2) is 59.8 Å². The molecule has 5 heteroatoms. The predicted molar refractivity (Wildman–Crippen MR) is 119 cm³/mol. The molecule has 0 radical (unpaired) electrons. The van der Waals surface area contributed by atoms with Gasteiger partial charge in [-0.05, 0) is 61.1 Å². The molecule has 0 saturated heterocycles. The minimum Gasteiger partial charge on any atom is -0.494 e. The van der Waals surface area contributed by atoms with Crippen LogP contribution in [0.5, 0.6) is 11.5 Å². The lowest BCUT2D eigenvalue weighted by molar-refractivity contribution is -0.122. The molecular weight excluding hydrogens is 390 g/mol. The molecule has 1 aliphatic carbocycles. The van der Waals surface area contributed by atoms with Crippen molar-refractivity contribution in [3.05, 3.63) is 70.9 Å². The highest BCUT2D eigenvalue weighted by Crippen LogP contribution is 2.42. The fraction of sp³-hybridized carbons (Fsp3) is 0.385. The van der Waals surface area contributed by atoms with E-state index in [-0.39, 0.29) is 23.5 Å². The number of hydrogen-bond donors (Lipinski definition) is 1. The molecule has 2 aromatic rings. The second-order valence-electron chi connectivity index (χ2n) is 8.15. The maximum absolute atomic E-state index is 13.2. The van der Waals surface area contributed by atoms with Gasteiger partial charge in [0.2, 0.25) is 5.91 Å². The summed E-state index contributed by atoms with van der Waals surface area (Å²) in [5, 5.41) is 2.99. The van der Waals surface area contributed by atoms with Gasteiger partial charge in [-0.3, -0.25) is 9.59 Å². The van der Waals surface area contributed by atoms with Crippen molar-refractivity contribution in [2.24, 2.45) is 0 Å². The Bertz CT molecular complexity index is 975. The van der Waals surface area contributed by atoms with Gasteiger partial charge in [-0.15, -0.1) is 0 Å². The number of nitrogens with one attached hydrogen (secondary N) is 1. The van der Waals surface area contributed by atoms with Gasteiger partial charge in [0.15, 0.2) is 5.78 Å². The van der Waals surface area contributed by atoms with Crippen molar-refractivity contribution in [3.8, 4) is 11.5 Å². The quantitative estimate of drug-likeness (QED) is 0.695. The van der Waals surface area contributed by atoms with Crippen LogP contribution < -0.4 is 14.8 Å². The number of benzene rings is 2. The van der Waals surface area contributed by atoms with Crippen LogP contribution >= 0.6 is 0 Å². The normalized spacial score (nSPS) is 20.8. The minimum atomic E-state index is -0.197. The first-order valence-corrected chi connectivity index (χ1v) is 11.1. The van der Waals surface area contributed by atoms with Crippen LogP contribution in [0.3, 0.4) is 0 Å². The maximum Gasteiger partial charge on any atom is 0.225 e. The van der Waals surface area contributed by atoms with E-state index in [1.807, 2.05) is 55.5 Å². The molecule has 1 amide bonds. The summed E-state index contributed by atoms with van der Waals surface area (Å²) < 4.78 is 11.2. The lowest BCUT2D eigenvalue weighted by atomic mass is 9.73. The second kappa shape index (κ2) is 9.38. The molecule has 1 aliphatic heterocycles. The topological polar surface area (TPSA) is 64.6 Å². The zero-order valence-electron chi connectivity index (χ0n) is 18.1. The Balaban J connectivity index is 1.58. The van der Waals surface area contributed by atoms with E-state index in [4.69, 9.17) is 9.47 Å². The van der Waals surface area contributed by atoms with E-state index >= 15 is 0 Å². The third-order valence-corrected chi connectivity index (χ3v) is 5.95. The number of hydrogen-bond acceptors (Lipinski definition) is 4. The summed E-state index contributed by atoms with van der Waals surface area (Å²) in [6.07, 6.45) is 2.37. The van der Waals surface area contributed by atoms with E-state index in [0.29, 0.717) is 32.5 Å². The molecular formula is C26H29NO4. The summed E-state index contributed by atoms with van der Waals surface area (Å²) in [4.78, 5) is 25.7. The van der Waals surface area contributed by atoms with E-state index in [1.165, 1.54) is 0 Å². The van der Waals surface area contributed by atoms with Crippen LogP contribution in [-0.2, 0) is 9.59 Å². The highest BCUT2D eigenvalue weighted by atomic mass is 16.5. The van der Waals surface area contributed by atoms with Gasteiger partial charge in [0.25, 0.3) is 0 Å². The average Bonchev–Trinajstić information content (AvgIpc) is 2.78. The fourth-order valence-electron chi connectivity index (χ4n) is 4.50. The van der Waals surface area contributed by atoms with Crippen LogP contribution in [0, 0.1) is 0 Å². The van der Waals surface area contributed by atoms with Crippen molar-refractivity contribution in [2.45, 2.75) is 51.4 Å². The first-order chi connectivity index (χ1) is 15.1. The van der Waals surface area contributed by atoms with Crippen molar-refractivity contribution < 1.29 is 19.1 Å². The van der Waals surface area contributed by atoms with Crippen molar-refractivity contribution in [3.63, 3.8) is 0 Å². The Morgan fingerprint density at radius 3 is 2.13 bits per heavy atom. The second-order valence-corrected chi connectivity index (χ2v) is 8.15. The monoisotopic (exact) mass is 419 g/mol. The molecule has 0 spiro atoms. The number of rotatable bonds is 7. The Kier molecular flexibility index (Phi) is 6.40. The third-order valence-electron chi connectivity index (χ3n) is 5.95. The number of allylic oxidation sites excluding steroid dienone is 2. The summed E-state index contributed by atoms with van der Waals surface area (Å²) in [6, 6.07) is 15.7. The van der Waals surface area contributed by atoms with Crippen LogP contribution in [0.1, 0.15) is 62.5 Å². The number of carbonyl (C=O) groups is 2. The summed E-state index contributed by atoms with van der Waals surface area (Å²) in [5.41, 5.74) is 3.63. The van der Waals surface area contributed by atoms with Crippen LogP contribution in [-0.4, -0.2) is 24.9 Å². The highest BCUT2D eigenvalue weighted by molar-refractivity contribution is 6.02. The Labute approximate surface area is 183 Å². The minimum absolute atomic E-state index is 0.0322. The van der Waals surface area contributed by atoms with Gasteiger partial charge in [-0.25, -0.2) is 0 Å². The summed E-state index contributed by atoms with van der Waals surface area (Å²) in [7, 11) is 0. The smallest absolute Gasteiger partial charge is 0.225 e. The Morgan fingerprint density at radius 1 is 0.839 bits per heavy atom. The lowest BCUT2D eigenvalue weighted by Crippen LogP contribution is -2.38. The van der Waals surface area contributed by atoms with E-state index in [2.05, 4.69) is 12.2 Å². The number of carbonyl (C=O) groups excluding carboxylic acids is 2. The molecule has 0 saturated carbocycles. The van der Waals surface area contributed by atoms with E-state index < -0.39 is 0 Å². The number of ketones is 1. The van der Waals surface area contributed by atoms with Gasteiger partial charge in [0.1, 0.15) is 11.5 Å². The molecule has 162 valence electrons. The third kappa shape index (κ3) is 4.66. The zero-order valence-corrected chi connectivity index (χ0v) is 18.1. The SMILES string of the molecule is CCCOc1ccc(C2CC(=O)NC3=C2C(=O)CC(c2ccc(OCC)cc2)C3)cc1. The van der Waals surface area contributed by atoms with Gasteiger partial charge in [0.05, 0.1) is 13.2 Å². The number of Topliss-reactive ketones (excluding diaryl/α,β-unsaturated/α-hetero) is 1. The van der Waals surface area contributed by atoms with Crippen molar-refractivity contribution in [2.75, 3.05) is 13.2 Å². The molecule has 2 aliphatic rings. The van der Waals surface area contributed by atoms with Crippen molar-refractivity contribution in [1.82, 2.24) is 5.32 Å². The molecule has 0 aromatic heterocycles. The van der Waals surface area contributed by atoms with E-state index in [0.717, 1.165) is 40.3 Å². The first-order valence-electron chi connectivity index (χ1n) is 11.1. The zero-order chi connectivity index (χ0) is 21.8. The molecule has 2 atom stereocenters. The van der Waals surface area contributed by atoms with E-state index in [9.17, 15) is 9.59 Å². The van der Waals surface area contributed by atoms with E-state index in [1.54, 1.807) is 0 Å². The van der Waals surface area contributed by atoms with Crippen LogP contribution in [0.2, 0.25) is 0 Å². The van der Waals surface area contributed by atoms with Crippen molar-refractivity contribution >= 4 is 11.7 Å².